The van der Waals surface area contributed by atoms with Gasteiger partial charge in [-0.05, 0) is 49.0 Å². The van der Waals surface area contributed by atoms with Crippen molar-refractivity contribution in [2.24, 2.45) is 22.2 Å². The molecule has 2 aromatic rings. The Morgan fingerprint density at radius 2 is 1.60 bits per heavy atom. The summed E-state index contributed by atoms with van der Waals surface area (Å²) in [5.41, 5.74) is 18.0. The second-order valence-corrected chi connectivity index (χ2v) is 10.5. The van der Waals surface area contributed by atoms with Crippen LogP contribution in [0.15, 0.2) is 41.8 Å². The zero-order valence-electron chi connectivity index (χ0n) is 23.3. The molecule has 12 N–H and O–H groups in total. The number of aromatic hydroxyl groups is 1. The van der Waals surface area contributed by atoms with Gasteiger partial charge in [0.15, 0.2) is 5.96 Å². The predicted molar refractivity (Wildman–Crippen MR) is 158 cm³/mol. The summed E-state index contributed by atoms with van der Waals surface area (Å²) in [5.74, 6) is -2.78. The van der Waals surface area contributed by atoms with Gasteiger partial charge in [-0.1, -0.05) is 12.1 Å². The normalized spacial score (nSPS) is 13.7. The van der Waals surface area contributed by atoms with Crippen molar-refractivity contribution >= 4 is 41.4 Å². The van der Waals surface area contributed by atoms with Gasteiger partial charge in [-0.15, -0.1) is 0 Å². The molecule has 0 radical (unpaired) electrons. The smallest absolute Gasteiger partial charge is 0.326 e. The molecule has 0 aliphatic carbocycles. The first-order valence-corrected chi connectivity index (χ1v) is 14.6. The second kappa shape index (κ2) is 17.5. The molecule has 0 saturated carbocycles. The molecule has 2 rings (SSSR count). The van der Waals surface area contributed by atoms with Crippen LogP contribution in [0.25, 0.3) is 0 Å². The van der Waals surface area contributed by atoms with Crippen LogP contribution in [0.2, 0.25) is 0 Å². The Kier molecular flexibility index (Phi) is 14.1. The molecule has 4 atom stereocenters. The number of nitrogens with zero attached hydrogens (tertiary/aromatic N) is 2. The van der Waals surface area contributed by atoms with E-state index in [0.717, 1.165) is 0 Å². The number of rotatable bonds is 18. The van der Waals surface area contributed by atoms with E-state index in [1.54, 1.807) is 12.1 Å². The monoisotopic (exact) mass is 605 g/mol. The fraction of sp³-hybridized carbons (Fsp3) is 0.462. The Morgan fingerprint density at radius 3 is 2.17 bits per heavy atom. The summed E-state index contributed by atoms with van der Waals surface area (Å²) >= 11 is 1.44. The lowest BCUT2D eigenvalue weighted by molar-refractivity contribution is -0.142. The van der Waals surface area contributed by atoms with Crippen molar-refractivity contribution in [1.82, 2.24) is 25.9 Å². The maximum absolute atomic E-state index is 13.4. The number of H-pyrrole nitrogens is 1. The Balaban J connectivity index is 2.14. The first-order chi connectivity index (χ1) is 20.0. The highest BCUT2D eigenvalue weighted by Gasteiger charge is 2.30. The summed E-state index contributed by atoms with van der Waals surface area (Å²) < 4.78 is 0. The number of thioether (sulfide) groups is 1. The Morgan fingerprint density at radius 1 is 0.976 bits per heavy atom. The molecule has 0 aliphatic heterocycles. The highest BCUT2D eigenvalue weighted by Crippen LogP contribution is 2.12. The number of aromatic amines is 1. The third-order valence-corrected chi connectivity index (χ3v) is 6.79. The van der Waals surface area contributed by atoms with Crippen LogP contribution < -0.4 is 33.2 Å². The van der Waals surface area contributed by atoms with Crippen LogP contribution in [-0.2, 0) is 32.0 Å². The number of hydrogen-bond acceptors (Lipinski definition) is 9. The molecule has 0 bridgehead atoms. The maximum Gasteiger partial charge on any atom is 0.326 e. The lowest BCUT2D eigenvalue weighted by Crippen LogP contribution is -2.57. The minimum atomic E-state index is -1.29. The van der Waals surface area contributed by atoms with Crippen LogP contribution in [-0.4, -0.2) is 92.6 Å². The molecule has 16 heteroatoms. The van der Waals surface area contributed by atoms with Gasteiger partial charge in [0.1, 0.15) is 23.9 Å². The lowest BCUT2D eigenvalue weighted by Gasteiger charge is -2.25. The molecule has 1 aromatic carbocycles. The number of carbonyl (C=O) groups excluding carboxylic acids is 3. The number of carboxylic acid groups (broad SMARTS) is 1. The summed E-state index contributed by atoms with van der Waals surface area (Å²) in [7, 11) is 0. The van der Waals surface area contributed by atoms with E-state index >= 15 is 0 Å². The molecule has 0 saturated heterocycles. The van der Waals surface area contributed by atoms with E-state index in [9.17, 15) is 29.4 Å². The number of aliphatic imine (C=N–C) groups is 1. The molecule has 15 nitrogen and oxygen atoms in total. The Hall–Kier alpha value is -4.31. The first kappa shape index (κ1) is 33.9. The summed E-state index contributed by atoms with van der Waals surface area (Å²) in [6.07, 6.45) is 5.62. The van der Waals surface area contributed by atoms with Crippen LogP contribution in [0, 0.1) is 0 Å². The number of phenols is 1. The third kappa shape index (κ3) is 12.1. The van der Waals surface area contributed by atoms with Crippen LogP contribution in [0.5, 0.6) is 5.75 Å². The molecule has 42 heavy (non-hydrogen) atoms. The molecular formula is C26H39N9O6S. The van der Waals surface area contributed by atoms with Gasteiger partial charge in [0, 0.05) is 31.3 Å². The van der Waals surface area contributed by atoms with Gasteiger partial charge < -0.3 is 48.3 Å². The number of benzene rings is 1. The SMILES string of the molecule is CSCCC(NC(=O)C(CCCN=C(N)N)NC(=O)C(N)Cc1cnc[nH]1)C(=O)NC(Cc1ccc(O)cc1)C(=O)O. The number of aliphatic carboxylic acids is 1. The molecule has 4 unspecified atom stereocenters. The zero-order chi connectivity index (χ0) is 31.1. The highest BCUT2D eigenvalue weighted by molar-refractivity contribution is 7.98. The van der Waals surface area contributed by atoms with Crippen molar-refractivity contribution in [2.75, 3.05) is 18.6 Å². The average Bonchev–Trinajstić information content (AvgIpc) is 3.45. The van der Waals surface area contributed by atoms with E-state index in [1.807, 2.05) is 6.26 Å². The Bertz CT molecular complexity index is 1190. The number of carboxylic acids is 1. The highest BCUT2D eigenvalue weighted by atomic mass is 32.2. The number of aromatic nitrogens is 2. The lowest BCUT2D eigenvalue weighted by atomic mass is 10.0. The number of imidazole rings is 1. The summed E-state index contributed by atoms with van der Waals surface area (Å²) in [4.78, 5) is 62.0. The van der Waals surface area contributed by atoms with Crippen LogP contribution in [0.1, 0.15) is 30.5 Å². The molecule has 3 amide bonds. The standard InChI is InChI=1S/C26H39N9O6S/c1-42-10-8-20(24(39)35-21(25(40)41)11-15-4-6-17(36)7-5-15)34-23(38)19(3-2-9-31-26(28)29)33-22(37)18(27)12-16-13-30-14-32-16/h4-7,13-14,18-21,36H,2-3,8-12,27H2,1H3,(H,30,32)(H,33,37)(H,34,38)(H,35,39)(H,40,41)(H4,28,29,31). The number of guanidine groups is 1. The number of carbonyl (C=O) groups is 4. The zero-order valence-corrected chi connectivity index (χ0v) is 24.1. The quantitative estimate of drug-likeness (QED) is 0.0540. The van der Waals surface area contributed by atoms with Gasteiger partial charge in [-0.2, -0.15) is 11.8 Å². The minimum Gasteiger partial charge on any atom is -0.508 e. The van der Waals surface area contributed by atoms with Gasteiger partial charge in [0.25, 0.3) is 0 Å². The first-order valence-electron chi connectivity index (χ1n) is 13.2. The number of nitrogens with one attached hydrogen (secondary N) is 4. The van der Waals surface area contributed by atoms with Gasteiger partial charge in [0.05, 0.1) is 12.4 Å². The van der Waals surface area contributed by atoms with Crippen molar-refractivity contribution in [3.05, 3.63) is 48.0 Å². The number of amides is 3. The summed E-state index contributed by atoms with van der Waals surface area (Å²) in [6.45, 7) is 0.204. The molecule has 1 heterocycles. The average molecular weight is 606 g/mol. The largest absolute Gasteiger partial charge is 0.508 e. The van der Waals surface area contributed by atoms with E-state index in [2.05, 4.69) is 30.9 Å². The molecular weight excluding hydrogens is 566 g/mol. The van der Waals surface area contributed by atoms with Crippen LogP contribution in [0.4, 0.5) is 0 Å². The number of nitrogens with two attached hydrogens (primary N) is 3. The second-order valence-electron chi connectivity index (χ2n) is 9.51. The number of phenolic OH excluding ortho intramolecular Hbond substituents is 1. The van der Waals surface area contributed by atoms with Crippen LogP contribution >= 0.6 is 11.8 Å². The Labute approximate surface area is 247 Å². The van der Waals surface area contributed by atoms with Crippen LogP contribution in [0.3, 0.4) is 0 Å². The van der Waals surface area contributed by atoms with Crippen molar-refractivity contribution in [1.29, 1.82) is 0 Å². The fourth-order valence-corrected chi connectivity index (χ4v) is 4.37. The van der Waals surface area contributed by atoms with Crippen molar-refractivity contribution in [3.8, 4) is 5.75 Å². The van der Waals surface area contributed by atoms with Gasteiger partial charge in [-0.3, -0.25) is 19.4 Å². The van der Waals surface area contributed by atoms with E-state index < -0.39 is 47.9 Å². The number of hydrogen-bond donors (Lipinski definition) is 9. The molecule has 230 valence electrons. The maximum atomic E-state index is 13.4. The summed E-state index contributed by atoms with van der Waals surface area (Å²) in [5, 5.41) is 27.0. The van der Waals surface area contributed by atoms with Crippen molar-refractivity contribution < 1.29 is 29.4 Å². The summed E-state index contributed by atoms with van der Waals surface area (Å²) in [6, 6.07) is 1.52. The van der Waals surface area contributed by atoms with E-state index in [4.69, 9.17) is 17.2 Å². The van der Waals surface area contributed by atoms with Gasteiger partial charge in [-0.25, -0.2) is 9.78 Å². The minimum absolute atomic E-state index is 0.0247. The fourth-order valence-electron chi connectivity index (χ4n) is 3.89. The molecule has 0 spiro atoms. The third-order valence-electron chi connectivity index (χ3n) is 6.14. The van der Waals surface area contributed by atoms with E-state index in [0.29, 0.717) is 23.4 Å². The van der Waals surface area contributed by atoms with Gasteiger partial charge in [0.2, 0.25) is 17.7 Å². The predicted octanol–water partition coefficient (Wildman–Crippen LogP) is -1.43. The molecule has 0 fully saturated rings. The van der Waals surface area contributed by atoms with Crippen molar-refractivity contribution in [2.45, 2.75) is 56.3 Å². The van der Waals surface area contributed by atoms with Crippen molar-refractivity contribution in [3.63, 3.8) is 0 Å². The topological polar surface area (TPSA) is 264 Å². The molecule has 0 aliphatic rings. The van der Waals surface area contributed by atoms with E-state index in [-0.39, 0.29) is 43.9 Å². The molecule has 1 aromatic heterocycles. The van der Waals surface area contributed by atoms with Gasteiger partial charge >= 0.3 is 5.97 Å². The van der Waals surface area contributed by atoms with E-state index in [1.165, 1.54) is 36.4 Å².